The number of amides is 1. The number of carbonyl (C=O) groups excluding carboxylic acids is 1. The summed E-state index contributed by atoms with van der Waals surface area (Å²) >= 11 is 0. The van der Waals surface area contributed by atoms with Crippen LogP contribution in [0.15, 0.2) is 24.3 Å². The van der Waals surface area contributed by atoms with Crippen molar-refractivity contribution in [2.45, 2.75) is 32.4 Å². The van der Waals surface area contributed by atoms with E-state index in [9.17, 15) is 4.79 Å². The molecule has 1 fully saturated rings. The first-order valence-electron chi connectivity index (χ1n) is 6.68. The predicted molar refractivity (Wildman–Crippen MR) is 78.2 cm³/mol. The summed E-state index contributed by atoms with van der Waals surface area (Å²) in [6.07, 6.45) is 0. The molecule has 4 nitrogen and oxygen atoms in total. The van der Waals surface area contributed by atoms with Crippen LogP contribution in [0.1, 0.15) is 19.4 Å². The number of hydrogen-bond acceptors (Lipinski definition) is 3. The average Bonchev–Trinajstić information content (AvgIpc) is 2.30. The minimum absolute atomic E-state index is 0.0881. The Morgan fingerprint density at radius 2 is 1.89 bits per heavy atom. The smallest absolute Gasteiger partial charge is 0.246 e. The highest BCUT2D eigenvalue weighted by atomic mass is 16.2. The van der Waals surface area contributed by atoms with Crippen LogP contribution in [0.4, 0.5) is 5.69 Å². The van der Waals surface area contributed by atoms with Crippen LogP contribution in [-0.4, -0.2) is 42.5 Å². The van der Waals surface area contributed by atoms with Crippen molar-refractivity contribution in [2.24, 2.45) is 5.73 Å². The molecule has 0 spiro atoms. The number of rotatable bonds is 2. The van der Waals surface area contributed by atoms with Gasteiger partial charge in [0.1, 0.15) is 6.04 Å². The molecule has 0 bridgehead atoms. The fraction of sp³-hybridized carbons (Fsp3) is 0.533. The highest BCUT2D eigenvalue weighted by Crippen LogP contribution is 2.30. The van der Waals surface area contributed by atoms with Crippen LogP contribution in [0, 0.1) is 6.92 Å². The molecule has 19 heavy (non-hydrogen) atoms. The van der Waals surface area contributed by atoms with E-state index >= 15 is 0 Å². The van der Waals surface area contributed by atoms with Crippen molar-refractivity contribution in [1.29, 1.82) is 0 Å². The molecule has 104 valence electrons. The Morgan fingerprint density at radius 3 is 2.42 bits per heavy atom. The van der Waals surface area contributed by atoms with Gasteiger partial charge in [-0.3, -0.25) is 9.69 Å². The van der Waals surface area contributed by atoms with Gasteiger partial charge < -0.3 is 10.6 Å². The van der Waals surface area contributed by atoms with Crippen molar-refractivity contribution in [3.05, 3.63) is 29.8 Å². The summed E-state index contributed by atoms with van der Waals surface area (Å²) < 4.78 is 0. The number of nitrogens with zero attached hydrogens (tertiary/aromatic N) is 2. The first-order chi connectivity index (χ1) is 8.86. The number of hydrogen-bond donors (Lipinski definition) is 1. The van der Waals surface area contributed by atoms with Crippen molar-refractivity contribution < 1.29 is 4.79 Å². The van der Waals surface area contributed by atoms with E-state index in [0.717, 1.165) is 12.2 Å². The minimum Gasteiger partial charge on any atom is -0.328 e. The molecule has 4 heteroatoms. The van der Waals surface area contributed by atoms with Gasteiger partial charge in [-0.15, -0.1) is 0 Å². The maximum atomic E-state index is 12.7. The van der Waals surface area contributed by atoms with Crippen LogP contribution in [0.3, 0.4) is 0 Å². The molecule has 1 amide bonds. The quantitative estimate of drug-likeness (QED) is 0.875. The van der Waals surface area contributed by atoms with Crippen LogP contribution >= 0.6 is 0 Å². The molecule has 0 saturated carbocycles. The number of carbonyl (C=O) groups is 1. The maximum Gasteiger partial charge on any atom is 0.246 e. The highest BCUT2D eigenvalue weighted by molar-refractivity contribution is 5.99. The molecule has 1 aliphatic heterocycles. The van der Waals surface area contributed by atoms with Gasteiger partial charge in [0, 0.05) is 18.8 Å². The van der Waals surface area contributed by atoms with Crippen molar-refractivity contribution in [3.63, 3.8) is 0 Å². The molecular formula is C15H23N3O. The number of nitrogens with two attached hydrogens (primary N) is 1. The molecule has 1 unspecified atom stereocenters. The predicted octanol–water partition coefficient (Wildman–Crippen LogP) is 1.38. The lowest BCUT2D eigenvalue weighted by Crippen LogP contribution is -2.67. The van der Waals surface area contributed by atoms with E-state index in [-0.39, 0.29) is 17.5 Å². The maximum absolute atomic E-state index is 12.7. The lowest BCUT2D eigenvalue weighted by atomic mass is 9.94. The third-order valence-electron chi connectivity index (χ3n) is 3.79. The van der Waals surface area contributed by atoms with Gasteiger partial charge in [-0.2, -0.15) is 0 Å². The largest absolute Gasteiger partial charge is 0.328 e. The number of likely N-dealkylation sites (N-methyl/N-ethyl adjacent to an activating group) is 1. The third kappa shape index (κ3) is 2.51. The van der Waals surface area contributed by atoms with Crippen molar-refractivity contribution in [2.75, 3.05) is 25.0 Å². The van der Waals surface area contributed by atoms with Crippen molar-refractivity contribution in [1.82, 2.24) is 4.90 Å². The number of piperazine rings is 1. The Labute approximate surface area is 115 Å². The second-order valence-corrected chi connectivity index (χ2v) is 5.99. The SMILES string of the molecule is Cc1ccc(N2C(=O)C(CN)N(C)CC2(C)C)cc1. The van der Waals surface area contributed by atoms with Crippen LogP contribution in [0.5, 0.6) is 0 Å². The zero-order chi connectivity index (χ0) is 14.2. The summed E-state index contributed by atoms with van der Waals surface area (Å²) in [6.45, 7) is 7.40. The summed E-state index contributed by atoms with van der Waals surface area (Å²) in [5.74, 6) is 0.0881. The van der Waals surface area contributed by atoms with Gasteiger partial charge in [-0.05, 0) is 40.0 Å². The molecule has 2 N–H and O–H groups in total. The molecule has 0 aliphatic carbocycles. The lowest BCUT2D eigenvalue weighted by molar-refractivity contribution is -0.127. The summed E-state index contributed by atoms with van der Waals surface area (Å²) in [6, 6.07) is 7.86. The van der Waals surface area contributed by atoms with Crippen LogP contribution in [0.25, 0.3) is 0 Å². The summed E-state index contributed by atoms with van der Waals surface area (Å²) in [7, 11) is 1.96. The molecule has 0 aromatic heterocycles. The van der Waals surface area contributed by atoms with Crippen LogP contribution in [-0.2, 0) is 4.79 Å². The zero-order valence-electron chi connectivity index (χ0n) is 12.2. The molecular weight excluding hydrogens is 238 g/mol. The first kappa shape index (κ1) is 14.0. The summed E-state index contributed by atoms with van der Waals surface area (Å²) in [4.78, 5) is 16.6. The Hall–Kier alpha value is -1.39. The Morgan fingerprint density at radius 1 is 1.32 bits per heavy atom. The lowest BCUT2D eigenvalue weighted by Gasteiger charge is -2.49. The van der Waals surface area contributed by atoms with E-state index in [1.54, 1.807) is 0 Å². The molecule has 2 rings (SSSR count). The average molecular weight is 261 g/mol. The molecule has 1 atom stereocenters. The molecule has 1 heterocycles. The van der Waals surface area contributed by atoms with E-state index in [2.05, 4.69) is 13.8 Å². The van der Waals surface area contributed by atoms with Gasteiger partial charge in [0.15, 0.2) is 0 Å². The van der Waals surface area contributed by atoms with Crippen molar-refractivity contribution in [3.8, 4) is 0 Å². The fourth-order valence-electron chi connectivity index (χ4n) is 2.88. The second kappa shape index (κ2) is 4.94. The summed E-state index contributed by atoms with van der Waals surface area (Å²) in [5.41, 5.74) is 7.66. The molecule has 1 aromatic rings. The van der Waals surface area contributed by atoms with Gasteiger partial charge in [0.2, 0.25) is 5.91 Å². The molecule has 1 aliphatic rings. The van der Waals surface area contributed by atoms with Gasteiger partial charge in [-0.1, -0.05) is 17.7 Å². The molecule has 0 radical (unpaired) electrons. The Bertz CT molecular complexity index is 467. The number of benzene rings is 1. The molecule has 1 saturated heterocycles. The standard InChI is InChI=1S/C15H23N3O/c1-11-5-7-12(8-6-11)18-14(19)13(9-16)17(4)10-15(18,2)3/h5-8,13H,9-10,16H2,1-4H3. The highest BCUT2D eigenvalue weighted by Gasteiger charge is 2.43. The first-order valence-corrected chi connectivity index (χ1v) is 6.68. The fourth-order valence-corrected chi connectivity index (χ4v) is 2.88. The minimum atomic E-state index is -0.229. The van der Waals surface area contributed by atoms with E-state index in [1.165, 1.54) is 5.56 Å². The number of anilines is 1. The molecule has 1 aromatic carbocycles. The Balaban J connectivity index is 2.40. The number of aryl methyl sites for hydroxylation is 1. The third-order valence-corrected chi connectivity index (χ3v) is 3.79. The normalized spacial score (nSPS) is 23.7. The van der Waals surface area contributed by atoms with E-state index in [0.29, 0.717) is 6.54 Å². The summed E-state index contributed by atoms with van der Waals surface area (Å²) in [5, 5.41) is 0. The van der Waals surface area contributed by atoms with Gasteiger partial charge in [0.05, 0.1) is 5.54 Å². The Kier molecular flexibility index (Phi) is 3.65. The topological polar surface area (TPSA) is 49.6 Å². The second-order valence-electron chi connectivity index (χ2n) is 5.99. The van der Waals surface area contributed by atoms with E-state index < -0.39 is 0 Å². The van der Waals surface area contributed by atoms with E-state index in [4.69, 9.17) is 5.73 Å². The van der Waals surface area contributed by atoms with Crippen LogP contribution in [0.2, 0.25) is 0 Å². The van der Waals surface area contributed by atoms with Crippen molar-refractivity contribution >= 4 is 11.6 Å². The monoisotopic (exact) mass is 261 g/mol. The van der Waals surface area contributed by atoms with Gasteiger partial charge in [0.25, 0.3) is 0 Å². The zero-order valence-corrected chi connectivity index (χ0v) is 12.2. The van der Waals surface area contributed by atoms with Crippen LogP contribution < -0.4 is 10.6 Å². The van der Waals surface area contributed by atoms with Gasteiger partial charge in [-0.25, -0.2) is 0 Å². The van der Waals surface area contributed by atoms with E-state index in [1.807, 2.05) is 48.0 Å². The van der Waals surface area contributed by atoms with Gasteiger partial charge >= 0.3 is 0 Å².